The molecule has 6 heteroatoms. The van der Waals surface area contributed by atoms with E-state index in [2.05, 4.69) is 39.2 Å². The standard InChI is InChI=1S/C11H21N5O/c1-3-16(4-2)8-6-5-7-12-10-9-13-15-11(17)14-10/h9H,3-8H2,1-2H3,(H2,12,14,15,17). The number of H-pyrrole nitrogens is 1. The van der Waals surface area contributed by atoms with Crippen LogP contribution in [0.3, 0.4) is 0 Å². The number of aromatic amines is 1. The summed E-state index contributed by atoms with van der Waals surface area (Å²) in [5.41, 5.74) is -0.418. The lowest BCUT2D eigenvalue weighted by Crippen LogP contribution is -2.24. The molecule has 0 unspecified atom stereocenters. The number of nitrogens with zero attached hydrogens (tertiary/aromatic N) is 3. The molecule has 0 saturated heterocycles. The second-order valence-corrected chi connectivity index (χ2v) is 3.83. The van der Waals surface area contributed by atoms with Gasteiger partial charge >= 0.3 is 5.69 Å². The predicted octanol–water partition coefficient (Wildman–Crippen LogP) is 0.699. The molecular weight excluding hydrogens is 218 g/mol. The van der Waals surface area contributed by atoms with Gasteiger partial charge in [0, 0.05) is 6.54 Å². The fourth-order valence-electron chi connectivity index (χ4n) is 1.61. The average molecular weight is 239 g/mol. The van der Waals surface area contributed by atoms with E-state index >= 15 is 0 Å². The van der Waals surface area contributed by atoms with Gasteiger partial charge in [-0.25, -0.2) is 9.89 Å². The molecule has 0 aliphatic carbocycles. The zero-order valence-electron chi connectivity index (χ0n) is 10.6. The lowest BCUT2D eigenvalue weighted by Gasteiger charge is -2.17. The molecule has 1 aromatic rings. The molecule has 2 N–H and O–H groups in total. The van der Waals surface area contributed by atoms with Crippen LogP contribution >= 0.6 is 0 Å². The van der Waals surface area contributed by atoms with Crippen molar-refractivity contribution in [3.8, 4) is 0 Å². The Morgan fingerprint density at radius 3 is 2.76 bits per heavy atom. The van der Waals surface area contributed by atoms with Gasteiger partial charge in [0.05, 0.1) is 6.20 Å². The van der Waals surface area contributed by atoms with Crippen LogP contribution < -0.4 is 11.0 Å². The molecule has 0 aliphatic rings. The Morgan fingerprint density at radius 1 is 1.35 bits per heavy atom. The van der Waals surface area contributed by atoms with Gasteiger partial charge in [0.15, 0.2) is 5.82 Å². The quantitative estimate of drug-likeness (QED) is 0.653. The molecule has 0 radical (unpaired) electrons. The van der Waals surface area contributed by atoms with E-state index < -0.39 is 5.69 Å². The highest BCUT2D eigenvalue weighted by molar-refractivity contribution is 5.28. The van der Waals surface area contributed by atoms with Gasteiger partial charge in [-0.1, -0.05) is 13.8 Å². The zero-order valence-corrected chi connectivity index (χ0v) is 10.6. The largest absolute Gasteiger partial charge is 0.369 e. The minimum atomic E-state index is -0.418. The molecule has 0 saturated carbocycles. The Balaban J connectivity index is 2.14. The summed E-state index contributed by atoms with van der Waals surface area (Å²) in [4.78, 5) is 17.0. The normalized spacial score (nSPS) is 10.8. The second-order valence-electron chi connectivity index (χ2n) is 3.83. The molecule has 0 atom stereocenters. The van der Waals surface area contributed by atoms with E-state index in [1.165, 1.54) is 6.20 Å². The highest BCUT2D eigenvalue weighted by Crippen LogP contribution is 1.98. The van der Waals surface area contributed by atoms with Crippen molar-refractivity contribution in [3.05, 3.63) is 16.7 Å². The van der Waals surface area contributed by atoms with Crippen LogP contribution in [-0.2, 0) is 0 Å². The molecule has 1 heterocycles. The lowest BCUT2D eigenvalue weighted by atomic mass is 10.3. The second kappa shape index (κ2) is 7.78. The summed E-state index contributed by atoms with van der Waals surface area (Å²) >= 11 is 0. The maximum absolute atomic E-state index is 10.9. The summed E-state index contributed by atoms with van der Waals surface area (Å²) in [6, 6.07) is 0. The maximum Gasteiger partial charge on any atom is 0.363 e. The molecule has 0 aliphatic heterocycles. The van der Waals surface area contributed by atoms with Crippen LogP contribution in [0.5, 0.6) is 0 Å². The van der Waals surface area contributed by atoms with E-state index in [1.54, 1.807) is 0 Å². The minimum absolute atomic E-state index is 0.418. The number of anilines is 1. The van der Waals surface area contributed by atoms with E-state index in [1.807, 2.05) is 0 Å². The highest BCUT2D eigenvalue weighted by atomic mass is 16.1. The minimum Gasteiger partial charge on any atom is -0.369 e. The van der Waals surface area contributed by atoms with Crippen molar-refractivity contribution in [2.75, 3.05) is 31.5 Å². The molecule has 1 rings (SSSR count). The van der Waals surface area contributed by atoms with Crippen molar-refractivity contribution in [2.45, 2.75) is 26.7 Å². The van der Waals surface area contributed by atoms with E-state index in [4.69, 9.17) is 0 Å². The Morgan fingerprint density at radius 2 is 2.12 bits per heavy atom. The third-order valence-electron chi connectivity index (χ3n) is 2.67. The van der Waals surface area contributed by atoms with Crippen molar-refractivity contribution in [2.24, 2.45) is 0 Å². The Kier molecular flexibility index (Phi) is 6.24. The van der Waals surface area contributed by atoms with Gasteiger partial charge in [0.2, 0.25) is 0 Å². The van der Waals surface area contributed by atoms with E-state index in [-0.39, 0.29) is 0 Å². The summed E-state index contributed by atoms with van der Waals surface area (Å²) in [5, 5.41) is 8.99. The number of hydrogen-bond acceptors (Lipinski definition) is 5. The van der Waals surface area contributed by atoms with Crippen LogP contribution in [0, 0.1) is 0 Å². The van der Waals surface area contributed by atoms with Gasteiger partial charge in [-0.3, -0.25) is 0 Å². The molecule has 17 heavy (non-hydrogen) atoms. The number of unbranched alkanes of at least 4 members (excludes halogenated alkanes) is 1. The molecule has 96 valence electrons. The van der Waals surface area contributed by atoms with Crippen molar-refractivity contribution in [1.29, 1.82) is 0 Å². The first-order valence-corrected chi connectivity index (χ1v) is 6.14. The van der Waals surface area contributed by atoms with Gasteiger partial charge in [-0.05, 0) is 32.5 Å². The van der Waals surface area contributed by atoms with Crippen LogP contribution in [0.4, 0.5) is 5.82 Å². The summed E-state index contributed by atoms with van der Waals surface area (Å²) in [7, 11) is 0. The molecular formula is C11H21N5O. The first-order valence-electron chi connectivity index (χ1n) is 6.14. The summed E-state index contributed by atoms with van der Waals surface area (Å²) < 4.78 is 0. The molecule has 6 nitrogen and oxygen atoms in total. The SMILES string of the molecule is CCN(CC)CCCCNc1cn[nH]c(=O)n1. The Hall–Kier alpha value is -1.43. The molecule has 0 bridgehead atoms. The van der Waals surface area contributed by atoms with Crippen molar-refractivity contribution < 1.29 is 0 Å². The first-order chi connectivity index (χ1) is 8.26. The van der Waals surface area contributed by atoms with E-state index in [9.17, 15) is 4.79 Å². The topological polar surface area (TPSA) is 73.9 Å². The highest BCUT2D eigenvalue weighted by Gasteiger charge is 1.98. The summed E-state index contributed by atoms with van der Waals surface area (Å²) in [5.74, 6) is 0.539. The third-order valence-corrected chi connectivity index (χ3v) is 2.67. The van der Waals surface area contributed by atoms with Gasteiger partial charge in [0.25, 0.3) is 0 Å². The fraction of sp³-hybridized carbons (Fsp3) is 0.727. The Bertz CT molecular complexity index is 361. The van der Waals surface area contributed by atoms with Crippen LogP contribution in [-0.4, -0.2) is 46.3 Å². The van der Waals surface area contributed by atoms with Crippen molar-refractivity contribution in [1.82, 2.24) is 20.1 Å². The number of nitrogens with one attached hydrogen (secondary N) is 2. The van der Waals surface area contributed by atoms with Crippen LogP contribution in [0.25, 0.3) is 0 Å². The van der Waals surface area contributed by atoms with Crippen molar-refractivity contribution in [3.63, 3.8) is 0 Å². The average Bonchev–Trinajstić information content (AvgIpc) is 2.34. The monoisotopic (exact) mass is 239 g/mol. The lowest BCUT2D eigenvalue weighted by molar-refractivity contribution is 0.298. The number of aromatic nitrogens is 3. The Labute approximate surface area is 101 Å². The van der Waals surface area contributed by atoms with E-state index in [0.29, 0.717) is 5.82 Å². The molecule has 0 spiro atoms. The number of rotatable bonds is 8. The van der Waals surface area contributed by atoms with Gasteiger partial charge < -0.3 is 10.2 Å². The fourth-order valence-corrected chi connectivity index (χ4v) is 1.61. The van der Waals surface area contributed by atoms with Crippen LogP contribution in [0.1, 0.15) is 26.7 Å². The summed E-state index contributed by atoms with van der Waals surface area (Å²) in [6.07, 6.45) is 3.72. The zero-order chi connectivity index (χ0) is 12.5. The van der Waals surface area contributed by atoms with Gasteiger partial charge in [-0.15, -0.1) is 0 Å². The number of hydrogen-bond donors (Lipinski definition) is 2. The smallest absolute Gasteiger partial charge is 0.363 e. The molecule has 0 aromatic carbocycles. The predicted molar refractivity (Wildman–Crippen MR) is 68.2 cm³/mol. The molecule has 1 aromatic heterocycles. The van der Waals surface area contributed by atoms with Gasteiger partial charge in [0.1, 0.15) is 0 Å². The van der Waals surface area contributed by atoms with Crippen LogP contribution in [0.15, 0.2) is 11.0 Å². The van der Waals surface area contributed by atoms with Crippen LogP contribution in [0.2, 0.25) is 0 Å². The van der Waals surface area contributed by atoms with Gasteiger partial charge in [-0.2, -0.15) is 10.1 Å². The first kappa shape index (κ1) is 13.6. The maximum atomic E-state index is 10.9. The van der Waals surface area contributed by atoms with E-state index in [0.717, 1.165) is 39.0 Å². The molecule has 0 fully saturated rings. The molecule has 0 amide bonds. The summed E-state index contributed by atoms with van der Waals surface area (Å²) in [6.45, 7) is 8.49. The third kappa shape index (κ3) is 5.44. The van der Waals surface area contributed by atoms with Crippen molar-refractivity contribution >= 4 is 5.82 Å².